The molecule has 0 bridgehead atoms. The minimum Gasteiger partial charge on any atom is -0.492 e. The van der Waals surface area contributed by atoms with Crippen molar-refractivity contribution in [2.45, 2.75) is 22.0 Å². The number of carbonyl (C=O) groups excluding carboxylic acids is 1. The lowest BCUT2D eigenvalue weighted by molar-refractivity contribution is -0.120. The zero-order valence-electron chi connectivity index (χ0n) is 15.9. The van der Waals surface area contributed by atoms with Crippen LogP contribution in [0.3, 0.4) is 0 Å². The first-order valence-corrected chi connectivity index (χ1v) is 11.3. The quantitative estimate of drug-likeness (QED) is 0.476. The Labute approximate surface area is 175 Å². The van der Waals surface area contributed by atoms with Crippen LogP contribution < -0.4 is 10.1 Å². The lowest BCUT2D eigenvalue weighted by Crippen LogP contribution is -2.33. The largest absolute Gasteiger partial charge is 0.492 e. The molecule has 6 nitrogen and oxygen atoms in total. The van der Waals surface area contributed by atoms with Crippen molar-refractivity contribution < 1.29 is 17.9 Å². The summed E-state index contributed by atoms with van der Waals surface area (Å²) in [5, 5.41) is 3.23. The maximum Gasteiger partial charge on any atom is 0.242 e. The Morgan fingerprint density at radius 3 is 2.32 bits per heavy atom. The summed E-state index contributed by atoms with van der Waals surface area (Å²) in [6, 6.07) is 13.5. The fourth-order valence-corrected chi connectivity index (χ4v) is 4.10. The minimum absolute atomic E-state index is 0.0871. The predicted octanol–water partition coefficient (Wildman–Crippen LogP) is 3.27. The van der Waals surface area contributed by atoms with Gasteiger partial charge in [0.05, 0.1) is 16.7 Å². The van der Waals surface area contributed by atoms with Crippen molar-refractivity contribution >= 4 is 39.3 Å². The van der Waals surface area contributed by atoms with E-state index in [1.807, 2.05) is 19.1 Å². The molecule has 1 atom stereocenters. The summed E-state index contributed by atoms with van der Waals surface area (Å²) in [6.45, 7) is 2.46. The van der Waals surface area contributed by atoms with Gasteiger partial charge >= 0.3 is 0 Å². The number of hydrogen-bond acceptors (Lipinski definition) is 5. The molecule has 28 heavy (non-hydrogen) atoms. The number of thioether (sulfide) groups is 1. The van der Waals surface area contributed by atoms with Crippen LogP contribution in [-0.2, 0) is 14.8 Å². The molecule has 0 aromatic heterocycles. The number of hydrogen-bond donors (Lipinski definition) is 1. The molecule has 9 heteroatoms. The van der Waals surface area contributed by atoms with E-state index in [0.717, 1.165) is 9.20 Å². The van der Waals surface area contributed by atoms with Crippen LogP contribution in [-0.4, -0.2) is 51.1 Å². The number of rotatable bonds is 9. The smallest absolute Gasteiger partial charge is 0.242 e. The van der Waals surface area contributed by atoms with E-state index >= 15 is 0 Å². The SMILES string of the molecule is C[C@@H](Sc1ccc(Cl)cc1)C(=O)NCCOc1ccc(S(=O)(=O)N(C)C)cc1. The van der Waals surface area contributed by atoms with E-state index in [2.05, 4.69) is 5.32 Å². The molecule has 0 saturated heterocycles. The van der Waals surface area contributed by atoms with Crippen LogP contribution in [0.2, 0.25) is 5.02 Å². The van der Waals surface area contributed by atoms with E-state index in [-0.39, 0.29) is 22.7 Å². The Hall–Kier alpha value is -1.74. The highest BCUT2D eigenvalue weighted by Crippen LogP contribution is 2.24. The van der Waals surface area contributed by atoms with Crippen molar-refractivity contribution in [3.05, 3.63) is 53.6 Å². The lowest BCUT2D eigenvalue weighted by atomic mass is 10.3. The molecule has 0 unspecified atom stereocenters. The second kappa shape index (κ2) is 10.2. The molecule has 0 fully saturated rings. The molecule has 0 heterocycles. The molecule has 2 aromatic rings. The molecule has 0 aliphatic rings. The van der Waals surface area contributed by atoms with Crippen LogP contribution in [0.5, 0.6) is 5.75 Å². The third-order valence-electron chi connectivity index (χ3n) is 3.77. The highest BCUT2D eigenvalue weighted by molar-refractivity contribution is 8.00. The number of nitrogens with one attached hydrogen (secondary N) is 1. The van der Waals surface area contributed by atoms with Crippen molar-refractivity contribution in [1.29, 1.82) is 0 Å². The topological polar surface area (TPSA) is 75.7 Å². The van der Waals surface area contributed by atoms with E-state index in [4.69, 9.17) is 16.3 Å². The van der Waals surface area contributed by atoms with Crippen molar-refractivity contribution in [2.24, 2.45) is 0 Å². The molecule has 2 aromatic carbocycles. The van der Waals surface area contributed by atoms with Gasteiger partial charge in [-0.1, -0.05) is 11.6 Å². The number of amides is 1. The Morgan fingerprint density at radius 1 is 1.14 bits per heavy atom. The summed E-state index contributed by atoms with van der Waals surface area (Å²) in [5.74, 6) is 0.450. The highest BCUT2D eigenvalue weighted by Gasteiger charge is 2.17. The maximum absolute atomic E-state index is 12.2. The Kier molecular flexibility index (Phi) is 8.18. The number of halogens is 1. The van der Waals surface area contributed by atoms with Gasteiger partial charge in [-0.2, -0.15) is 0 Å². The van der Waals surface area contributed by atoms with Gasteiger partial charge in [-0.05, 0) is 55.5 Å². The number of nitrogens with zero attached hydrogens (tertiary/aromatic N) is 1. The van der Waals surface area contributed by atoms with Crippen molar-refractivity contribution in [3.8, 4) is 5.75 Å². The molecule has 0 spiro atoms. The van der Waals surface area contributed by atoms with E-state index in [0.29, 0.717) is 17.3 Å². The number of sulfonamides is 1. The van der Waals surface area contributed by atoms with Crippen LogP contribution in [0.1, 0.15) is 6.92 Å². The second-order valence-corrected chi connectivity index (χ2v) is 10.1. The second-order valence-electron chi connectivity index (χ2n) is 6.11. The van der Waals surface area contributed by atoms with Gasteiger partial charge in [-0.3, -0.25) is 4.79 Å². The van der Waals surface area contributed by atoms with Gasteiger partial charge in [0.25, 0.3) is 0 Å². The van der Waals surface area contributed by atoms with Crippen LogP contribution in [0.4, 0.5) is 0 Å². The zero-order valence-corrected chi connectivity index (χ0v) is 18.3. The summed E-state index contributed by atoms with van der Waals surface area (Å²) < 4.78 is 30.7. The molecule has 0 radical (unpaired) electrons. The standard InChI is InChI=1S/C19H23ClN2O4S2/c1-14(27-17-8-4-15(20)5-9-17)19(23)21-12-13-26-16-6-10-18(11-7-16)28(24,25)22(2)3/h4-11,14H,12-13H2,1-3H3,(H,21,23)/t14-/m1/s1. The van der Waals surface area contributed by atoms with Crippen molar-refractivity contribution in [1.82, 2.24) is 9.62 Å². The van der Waals surface area contributed by atoms with E-state index < -0.39 is 10.0 Å². The van der Waals surface area contributed by atoms with Crippen LogP contribution in [0.15, 0.2) is 58.3 Å². The fraction of sp³-hybridized carbons (Fsp3) is 0.316. The average Bonchev–Trinajstić information content (AvgIpc) is 2.67. The normalized spacial score (nSPS) is 12.6. The van der Waals surface area contributed by atoms with E-state index in [1.165, 1.54) is 38.0 Å². The number of carbonyl (C=O) groups is 1. The Bertz CT molecular complexity index is 885. The van der Waals surface area contributed by atoms with Gasteiger partial charge in [-0.25, -0.2) is 12.7 Å². The molecular weight excluding hydrogens is 420 g/mol. The molecule has 0 aliphatic heterocycles. The first kappa shape index (κ1) is 22.5. The minimum atomic E-state index is -3.46. The van der Waals surface area contributed by atoms with Crippen LogP contribution in [0.25, 0.3) is 0 Å². The van der Waals surface area contributed by atoms with Crippen molar-refractivity contribution in [2.75, 3.05) is 27.2 Å². The molecular formula is C19H23ClN2O4S2. The predicted molar refractivity (Wildman–Crippen MR) is 113 cm³/mol. The van der Waals surface area contributed by atoms with Gasteiger partial charge in [0.2, 0.25) is 15.9 Å². The molecule has 1 N–H and O–H groups in total. The first-order chi connectivity index (χ1) is 13.2. The molecule has 1 amide bonds. The lowest BCUT2D eigenvalue weighted by Gasteiger charge is -2.13. The zero-order chi connectivity index (χ0) is 20.7. The summed E-state index contributed by atoms with van der Waals surface area (Å²) in [7, 11) is -0.495. The monoisotopic (exact) mass is 442 g/mol. The Balaban J connectivity index is 1.76. The maximum atomic E-state index is 12.2. The van der Waals surface area contributed by atoms with Crippen LogP contribution in [0, 0.1) is 0 Å². The van der Waals surface area contributed by atoms with E-state index in [9.17, 15) is 13.2 Å². The van der Waals surface area contributed by atoms with Gasteiger partial charge < -0.3 is 10.1 Å². The molecule has 2 rings (SSSR count). The summed E-state index contributed by atoms with van der Waals surface area (Å²) >= 11 is 7.30. The Morgan fingerprint density at radius 2 is 1.75 bits per heavy atom. The molecule has 0 saturated carbocycles. The van der Waals surface area contributed by atoms with Gasteiger partial charge in [0, 0.05) is 24.0 Å². The molecule has 0 aliphatic carbocycles. The summed E-state index contributed by atoms with van der Waals surface area (Å²) in [6.07, 6.45) is 0. The van der Waals surface area contributed by atoms with Gasteiger partial charge in [-0.15, -0.1) is 11.8 Å². The van der Waals surface area contributed by atoms with Crippen LogP contribution >= 0.6 is 23.4 Å². The number of ether oxygens (including phenoxy) is 1. The number of benzene rings is 2. The van der Waals surface area contributed by atoms with Gasteiger partial charge in [0.1, 0.15) is 12.4 Å². The fourth-order valence-electron chi connectivity index (χ4n) is 2.18. The third kappa shape index (κ3) is 6.41. The van der Waals surface area contributed by atoms with Crippen molar-refractivity contribution in [3.63, 3.8) is 0 Å². The highest BCUT2D eigenvalue weighted by atomic mass is 35.5. The third-order valence-corrected chi connectivity index (χ3v) is 6.96. The van der Waals surface area contributed by atoms with E-state index in [1.54, 1.807) is 24.3 Å². The molecule has 152 valence electrons. The van der Waals surface area contributed by atoms with Gasteiger partial charge in [0.15, 0.2) is 0 Å². The average molecular weight is 443 g/mol. The summed E-state index contributed by atoms with van der Waals surface area (Å²) in [4.78, 5) is 13.3. The first-order valence-electron chi connectivity index (χ1n) is 8.55. The summed E-state index contributed by atoms with van der Waals surface area (Å²) in [5.41, 5.74) is 0.